The van der Waals surface area contributed by atoms with Gasteiger partial charge in [-0.1, -0.05) is 72.1 Å². The largest absolute Gasteiger partial charge is 0.461 e. The summed E-state index contributed by atoms with van der Waals surface area (Å²) in [5.74, 6) is -0.179. The monoisotopic (exact) mass is 310 g/mol. The Morgan fingerprint density at radius 1 is 1.39 bits per heavy atom. The van der Waals surface area contributed by atoms with Gasteiger partial charge in [-0.2, -0.15) is 0 Å². The minimum absolute atomic E-state index is 0.178. The molecule has 1 aromatic carbocycles. The molecule has 3 heteroatoms. The summed E-state index contributed by atoms with van der Waals surface area (Å²) in [7, 11) is 0. The van der Waals surface area contributed by atoms with E-state index < -0.39 is 0 Å². The molecule has 0 saturated carbocycles. The van der Waals surface area contributed by atoms with E-state index in [0.29, 0.717) is 6.61 Å². The van der Waals surface area contributed by atoms with Crippen molar-refractivity contribution in [3.8, 4) is 0 Å². The lowest BCUT2D eigenvalue weighted by Gasteiger charge is -2.07. The number of ether oxygens (including phenoxy) is 1. The summed E-state index contributed by atoms with van der Waals surface area (Å²) in [5, 5.41) is 0. The number of rotatable bonds is 7. The minimum Gasteiger partial charge on any atom is -0.461 e. The normalized spacial score (nSPS) is 12.6. The van der Waals surface area contributed by atoms with E-state index in [1.165, 1.54) is 0 Å². The highest BCUT2D eigenvalue weighted by Gasteiger charge is 2.14. The van der Waals surface area contributed by atoms with Crippen LogP contribution in [0.4, 0.5) is 0 Å². The third kappa shape index (κ3) is 6.01. The lowest BCUT2D eigenvalue weighted by atomic mass is 10.2. The second-order valence-electron chi connectivity index (χ2n) is 4.05. The van der Waals surface area contributed by atoms with Crippen molar-refractivity contribution in [3.05, 3.63) is 42.0 Å². The van der Waals surface area contributed by atoms with Gasteiger partial charge in [-0.3, -0.25) is 4.79 Å². The van der Waals surface area contributed by atoms with Gasteiger partial charge in [0.1, 0.15) is 11.4 Å². The Kier molecular flexibility index (Phi) is 7.42. The molecular weight excluding hydrogens is 292 g/mol. The standard InChI is InChI=1S/C15H19BrO2/c1-2-3-11-14(16)15(17)18-12-7-10-13-8-5-4-6-9-13/h4-10,14H,2-3,11-12H2,1H3/b10-7+/t14-/m1/s1. The van der Waals surface area contributed by atoms with Gasteiger partial charge in [0.2, 0.25) is 0 Å². The van der Waals surface area contributed by atoms with Crippen molar-refractivity contribution in [2.45, 2.75) is 31.0 Å². The molecular formula is C15H19BrO2. The van der Waals surface area contributed by atoms with E-state index in [0.717, 1.165) is 24.8 Å². The average molecular weight is 311 g/mol. The minimum atomic E-state index is -0.179. The molecule has 0 bridgehead atoms. The van der Waals surface area contributed by atoms with Gasteiger partial charge in [0, 0.05) is 0 Å². The van der Waals surface area contributed by atoms with Gasteiger partial charge >= 0.3 is 5.97 Å². The van der Waals surface area contributed by atoms with Crippen molar-refractivity contribution < 1.29 is 9.53 Å². The summed E-state index contributed by atoms with van der Waals surface area (Å²) in [6, 6.07) is 9.94. The van der Waals surface area contributed by atoms with Crippen molar-refractivity contribution in [2.75, 3.05) is 6.61 Å². The van der Waals surface area contributed by atoms with Crippen molar-refractivity contribution in [3.63, 3.8) is 0 Å². The molecule has 0 aliphatic carbocycles. The molecule has 0 amide bonds. The van der Waals surface area contributed by atoms with Crippen LogP contribution in [-0.4, -0.2) is 17.4 Å². The Labute approximate surface area is 117 Å². The number of carbonyl (C=O) groups is 1. The highest BCUT2D eigenvalue weighted by Crippen LogP contribution is 2.11. The molecule has 98 valence electrons. The zero-order valence-electron chi connectivity index (χ0n) is 10.6. The quantitative estimate of drug-likeness (QED) is 0.557. The molecule has 0 unspecified atom stereocenters. The van der Waals surface area contributed by atoms with E-state index in [-0.39, 0.29) is 10.8 Å². The first-order valence-corrected chi connectivity index (χ1v) is 7.18. The van der Waals surface area contributed by atoms with Gasteiger partial charge in [0.15, 0.2) is 0 Å². The molecule has 1 aromatic rings. The summed E-state index contributed by atoms with van der Waals surface area (Å²) in [4.78, 5) is 11.4. The fourth-order valence-corrected chi connectivity index (χ4v) is 1.93. The molecule has 0 radical (unpaired) electrons. The van der Waals surface area contributed by atoms with Crippen LogP contribution < -0.4 is 0 Å². The third-order valence-electron chi connectivity index (χ3n) is 2.50. The maximum absolute atomic E-state index is 11.6. The number of alkyl halides is 1. The van der Waals surface area contributed by atoms with E-state index in [9.17, 15) is 4.79 Å². The van der Waals surface area contributed by atoms with Crippen LogP contribution in [-0.2, 0) is 9.53 Å². The van der Waals surface area contributed by atoms with Gasteiger partial charge in [0.05, 0.1) is 0 Å². The van der Waals surface area contributed by atoms with Crippen LogP contribution in [0.1, 0.15) is 31.7 Å². The van der Waals surface area contributed by atoms with Gasteiger partial charge in [-0.15, -0.1) is 0 Å². The SMILES string of the molecule is CCCC[C@@H](Br)C(=O)OC/C=C/c1ccccc1. The zero-order valence-corrected chi connectivity index (χ0v) is 12.2. The summed E-state index contributed by atoms with van der Waals surface area (Å²) < 4.78 is 5.15. The van der Waals surface area contributed by atoms with Gasteiger partial charge in [-0.05, 0) is 18.1 Å². The Balaban J connectivity index is 2.25. The number of hydrogen-bond acceptors (Lipinski definition) is 2. The summed E-state index contributed by atoms with van der Waals surface area (Å²) in [5.41, 5.74) is 1.11. The van der Waals surface area contributed by atoms with Gasteiger partial charge in [-0.25, -0.2) is 0 Å². The number of carbonyl (C=O) groups excluding carboxylic acids is 1. The second-order valence-corrected chi connectivity index (χ2v) is 5.16. The number of esters is 1. The lowest BCUT2D eigenvalue weighted by molar-refractivity contribution is -0.141. The molecule has 0 saturated heterocycles. The van der Waals surface area contributed by atoms with Crippen LogP contribution in [0, 0.1) is 0 Å². The summed E-state index contributed by atoms with van der Waals surface area (Å²) in [6.45, 7) is 2.43. The number of halogens is 1. The number of unbranched alkanes of at least 4 members (excludes halogenated alkanes) is 1. The first-order chi connectivity index (χ1) is 8.74. The first kappa shape index (κ1) is 15.0. The predicted molar refractivity (Wildman–Crippen MR) is 78.7 cm³/mol. The molecule has 1 atom stereocenters. The molecule has 0 fully saturated rings. The van der Waals surface area contributed by atoms with Crippen LogP contribution >= 0.6 is 15.9 Å². The first-order valence-electron chi connectivity index (χ1n) is 6.26. The Bertz CT molecular complexity index is 373. The average Bonchev–Trinajstić information content (AvgIpc) is 2.41. The van der Waals surface area contributed by atoms with Crippen molar-refractivity contribution >= 4 is 28.0 Å². The second kappa shape index (κ2) is 8.92. The van der Waals surface area contributed by atoms with Crippen LogP contribution in [0.15, 0.2) is 36.4 Å². The van der Waals surface area contributed by atoms with E-state index >= 15 is 0 Å². The van der Waals surface area contributed by atoms with E-state index in [1.54, 1.807) is 0 Å². The van der Waals surface area contributed by atoms with Crippen LogP contribution in [0.3, 0.4) is 0 Å². The van der Waals surface area contributed by atoms with E-state index in [2.05, 4.69) is 22.9 Å². The van der Waals surface area contributed by atoms with Crippen molar-refractivity contribution in [1.29, 1.82) is 0 Å². The molecule has 0 N–H and O–H groups in total. The summed E-state index contributed by atoms with van der Waals surface area (Å²) in [6.07, 6.45) is 6.75. The third-order valence-corrected chi connectivity index (χ3v) is 3.33. The van der Waals surface area contributed by atoms with E-state index in [4.69, 9.17) is 4.74 Å². The van der Waals surface area contributed by atoms with Gasteiger partial charge in [0.25, 0.3) is 0 Å². The van der Waals surface area contributed by atoms with Gasteiger partial charge < -0.3 is 4.74 Å². The molecule has 0 heterocycles. The Hall–Kier alpha value is -1.09. The maximum Gasteiger partial charge on any atom is 0.320 e. The zero-order chi connectivity index (χ0) is 13.2. The Morgan fingerprint density at radius 2 is 2.11 bits per heavy atom. The molecule has 0 aliphatic rings. The smallest absolute Gasteiger partial charge is 0.320 e. The Morgan fingerprint density at radius 3 is 2.78 bits per heavy atom. The molecule has 1 rings (SSSR count). The highest BCUT2D eigenvalue weighted by atomic mass is 79.9. The predicted octanol–water partition coefficient (Wildman–Crippen LogP) is 4.20. The molecule has 0 aromatic heterocycles. The van der Waals surface area contributed by atoms with Crippen LogP contribution in [0.2, 0.25) is 0 Å². The summed E-state index contributed by atoms with van der Waals surface area (Å²) >= 11 is 3.34. The number of benzene rings is 1. The number of hydrogen-bond donors (Lipinski definition) is 0. The van der Waals surface area contributed by atoms with Crippen molar-refractivity contribution in [2.24, 2.45) is 0 Å². The lowest BCUT2D eigenvalue weighted by Crippen LogP contribution is -2.17. The van der Waals surface area contributed by atoms with Crippen molar-refractivity contribution in [1.82, 2.24) is 0 Å². The molecule has 0 spiro atoms. The molecule has 18 heavy (non-hydrogen) atoms. The maximum atomic E-state index is 11.6. The topological polar surface area (TPSA) is 26.3 Å². The fraction of sp³-hybridized carbons (Fsp3) is 0.400. The van der Waals surface area contributed by atoms with Crippen LogP contribution in [0.25, 0.3) is 6.08 Å². The fourth-order valence-electron chi connectivity index (χ4n) is 1.47. The van der Waals surface area contributed by atoms with E-state index in [1.807, 2.05) is 42.5 Å². The van der Waals surface area contributed by atoms with Crippen LogP contribution in [0.5, 0.6) is 0 Å². The molecule has 0 aliphatic heterocycles. The molecule has 2 nitrogen and oxygen atoms in total. The highest BCUT2D eigenvalue weighted by molar-refractivity contribution is 9.10.